The summed E-state index contributed by atoms with van der Waals surface area (Å²) in [6, 6.07) is 0.476. The zero-order chi connectivity index (χ0) is 9.73. The van der Waals surface area contributed by atoms with Crippen LogP contribution in [0.15, 0.2) is 0 Å². The zero-order valence-electron chi connectivity index (χ0n) is 9.10. The summed E-state index contributed by atoms with van der Waals surface area (Å²) < 4.78 is 0. The van der Waals surface area contributed by atoms with Crippen molar-refractivity contribution in [2.75, 3.05) is 13.1 Å². The van der Waals surface area contributed by atoms with E-state index >= 15 is 0 Å². The van der Waals surface area contributed by atoms with Gasteiger partial charge in [-0.1, -0.05) is 19.8 Å². The average molecular weight is 184 g/mol. The van der Waals surface area contributed by atoms with Crippen LogP contribution >= 0.6 is 0 Å². The summed E-state index contributed by atoms with van der Waals surface area (Å²) in [7, 11) is 0. The van der Waals surface area contributed by atoms with Gasteiger partial charge >= 0.3 is 0 Å². The number of hydrogen-bond donors (Lipinski definition) is 2. The van der Waals surface area contributed by atoms with Crippen LogP contribution in [0.3, 0.4) is 0 Å². The molecule has 1 rings (SSSR count). The predicted molar refractivity (Wildman–Crippen MR) is 57.7 cm³/mol. The third-order valence-corrected chi connectivity index (χ3v) is 3.59. The van der Waals surface area contributed by atoms with Gasteiger partial charge in [0.25, 0.3) is 0 Å². The summed E-state index contributed by atoms with van der Waals surface area (Å²) in [5.74, 6) is 0. The van der Waals surface area contributed by atoms with Crippen LogP contribution in [-0.4, -0.2) is 19.1 Å². The van der Waals surface area contributed by atoms with Crippen molar-refractivity contribution in [3.8, 4) is 0 Å². The van der Waals surface area contributed by atoms with Crippen LogP contribution in [0.5, 0.6) is 0 Å². The Bertz CT molecular complexity index is 139. The minimum atomic E-state index is 0.476. The van der Waals surface area contributed by atoms with E-state index in [1.807, 2.05) is 0 Å². The molecule has 1 aliphatic rings. The normalized spacial score (nSPS) is 23.3. The van der Waals surface area contributed by atoms with Gasteiger partial charge < -0.3 is 11.1 Å². The molecule has 2 heteroatoms. The quantitative estimate of drug-likeness (QED) is 0.685. The highest BCUT2D eigenvalue weighted by Gasteiger charge is 2.31. The lowest BCUT2D eigenvalue weighted by molar-refractivity contribution is 0.259. The Morgan fingerprint density at radius 3 is 2.46 bits per heavy atom. The molecule has 13 heavy (non-hydrogen) atoms. The molecule has 0 bridgehead atoms. The van der Waals surface area contributed by atoms with Crippen LogP contribution in [0.25, 0.3) is 0 Å². The molecule has 3 N–H and O–H groups in total. The van der Waals surface area contributed by atoms with Gasteiger partial charge in [-0.3, -0.25) is 0 Å². The molecule has 0 amide bonds. The van der Waals surface area contributed by atoms with E-state index in [1.165, 1.54) is 38.6 Å². The molecule has 0 spiro atoms. The van der Waals surface area contributed by atoms with E-state index in [2.05, 4.69) is 19.2 Å². The van der Waals surface area contributed by atoms with Gasteiger partial charge in [0.05, 0.1) is 0 Å². The van der Waals surface area contributed by atoms with E-state index < -0.39 is 0 Å². The third kappa shape index (κ3) is 2.96. The van der Waals surface area contributed by atoms with E-state index in [1.54, 1.807) is 0 Å². The molecule has 1 fully saturated rings. The smallest absolute Gasteiger partial charge is 0.0162 e. The van der Waals surface area contributed by atoms with E-state index in [4.69, 9.17) is 5.73 Å². The van der Waals surface area contributed by atoms with Gasteiger partial charge in [0.15, 0.2) is 0 Å². The first-order chi connectivity index (χ1) is 6.22. The van der Waals surface area contributed by atoms with Crippen LogP contribution in [0.1, 0.15) is 46.0 Å². The lowest BCUT2D eigenvalue weighted by Gasteiger charge is -2.29. The summed E-state index contributed by atoms with van der Waals surface area (Å²) in [4.78, 5) is 0. The van der Waals surface area contributed by atoms with Crippen molar-refractivity contribution in [2.24, 2.45) is 11.1 Å². The maximum Gasteiger partial charge on any atom is 0.0162 e. The molecule has 0 aromatic heterocycles. The molecule has 2 nitrogen and oxygen atoms in total. The highest BCUT2D eigenvalue weighted by molar-refractivity contribution is 4.86. The second kappa shape index (κ2) is 4.97. The van der Waals surface area contributed by atoms with Crippen LogP contribution in [0.2, 0.25) is 0 Å². The van der Waals surface area contributed by atoms with Gasteiger partial charge in [-0.2, -0.15) is 0 Å². The maximum absolute atomic E-state index is 5.58. The Morgan fingerprint density at radius 1 is 1.38 bits per heavy atom. The minimum Gasteiger partial charge on any atom is -0.329 e. The first kappa shape index (κ1) is 11.0. The van der Waals surface area contributed by atoms with Crippen LogP contribution < -0.4 is 11.1 Å². The molecule has 0 aromatic rings. The highest BCUT2D eigenvalue weighted by atomic mass is 14.9. The monoisotopic (exact) mass is 184 g/mol. The van der Waals surface area contributed by atoms with Crippen molar-refractivity contribution in [1.82, 2.24) is 5.32 Å². The van der Waals surface area contributed by atoms with Gasteiger partial charge in [0.1, 0.15) is 0 Å². The fourth-order valence-electron chi connectivity index (χ4n) is 2.25. The van der Waals surface area contributed by atoms with Crippen LogP contribution in [0.4, 0.5) is 0 Å². The summed E-state index contributed by atoms with van der Waals surface area (Å²) in [5, 5.41) is 3.54. The summed E-state index contributed by atoms with van der Waals surface area (Å²) in [5.41, 5.74) is 6.18. The van der Waals surface area contributed by atoms with Crippen molar-refractivity contribution in [3.05, 3.63) is 0 Å². The van der Waals surface area contributed by atoms with Crippen molar-refractivity contribution < 1.29 is 0 Å². The summed E-state index contributed by atoms with van der Waals surface area (Å²) >= 11 is 0. The van der Waals surface area contributed by atoms with Crippen LogP contribution in [-0.2, 0) is 0 Å². The largest absolute Gasteiger partial charge is 0.329 e. The third-order valence-electron chi connectivity index (χ3n) is 3.59. The number of nitrogens with two attached hydrogens (primary N) is 1. The highest BCUT2D eigenvalue weighted by Crippen LogP contribution is 2.40. The molecular weight excluding hydrogens is 160 g/mol. The van der Waals surface area contributed by atoms with Gasteiger partial charge in [0.2, 0.25) is 0 Å². The SMILES string of the molecule is CCC1(CN[C@@H](C)CN)CCCC1. The van der Waals surface area contributed by atoms with E-state index in [-0.39, 0.29) is 0 Å². The average Bonchev–Trinajstić information content (AvgIpc) is 2.63. The Labute approximate surface area is 82.3 Å². The fourth-order valence-corrected chi connectivity index (χ4v) is 2.25. The van der Waals surface area contributed by atoms with Crippen molar-refractivity contribution >= 4 is 0 Å². The molecule has 0 aromatic carbocycles. The van der Waals surface area contributed by atoms with Gasteiger partial charge in [-0.25, -0.2) is 0 Å². The first-order valence-corrected chi connectivity index (χ1v) is 5.66. The molecule has 78 valence electrons. The maximum atomic E-state index is 5.58. The fraction of sp³-hybridized carbons (Fsp3) is 1.00. The Kier molecular flexibility index (Phi) is 4.20. The first-order valence-electron chi connectivity index (χ1n) is 5.66. The molecule has 0 unspecified atom stereocenters. The summed E-state index contributed by atoms with van der Waals surface area (Å²) in [6.45, 7) is 6.40. The van der Waals surface area contributed by atoms with E-state index in [0.29, 0.717) is 11.5 Å². The van der Waals surface area contributed by atoms with Crippen molar-refractivity contribution in [1.29, 1.82) is 0 Å². The molecule has 1 saturated carbocycles. The molecule has 0 heterocycles. The second-order valence-electron chi connectivity index (χ2n) is 4.58. The molecule has 0 aliphatic heterocycles. The Morgan fingerprint density at radius 2 is 2.00 bits per heavy atom. The van der Waals surface area contributed by atoms with Gasteiger partial charge in [0, 0.05) is 19.1 Å². The lowest BCUT2D eigenvalue weighted by atomic mass is 9.83. The molecule has 0 saturated heterocycles. The topological polar surface area (TPSA) is 38.0 Å². The summed E-state index contributed by atoms with van der Waals surface area (Å²) in [6.07, 6.45) is 6.98. The molecular formula is C11H24N2. The lowest BCUT2D eigenvalue weighted by Crippen LogP contribution is -2.40. The number of rotatable bonds is 5. The van der Waals surface area contributed by atoms with Crippen molar-refractivity contribution in [2.45, 2.75) is 52.0 Å². The molecule has 1 aliphatic carbocycles. The Balaban J connectivity index is 2.31. The van der Waals surface area contributed by atoms with Gasteiger partial charge in [-0.05, 0) is 31.6 Å². The number of hydrogen-bond acceptors (Lipinski definition) is 2. The predicted octanol–water partition coefficient (Wildman–Crippen LogP) is 1.89. The van der Waals surface area contributed by atoms with Crippen LogP contribution in [0, 0.1) is 5.41 Å². The molecule has 0 radical (unpaired) electrons. The second-order valence-corrected chi connectivity index (χ2v) is 4.58. The minimum absolute atomic E-state index is 0.476. The van der Waals surface area contributed by atoms with E-state index in [0.717, 1.165) is 6.54 Å². The molecule has 1 atom stereocenters. The van der Waals surface area contributed by atoms with E-state index in [9.17, 15) is 0 Å². The van der Waals surface area contributed by atoms with Crippen molar-refractivity contribution in [3.63, 3.8) is 0 Å². The zero-order valence-corrected chi connectivity index (χ0v) is 9.10. The standard InChI is InChI=1S/C11H24N2/c1-3-11(6-4-5-7-11)9-13-10(2)8-12/h10,13H,3-9,12H2,1-2H3/t10-/m0/s1. The van der Waals surface area contributed by atoms with Gasteiger partial charge in [-0.15, -0.1) is 0 Å². The number of nitrogens with one attached hydrogen (secondary N) is 1. The Hall–Kier alpha value is -0.0800.